The fraction of sp³-hybridized carbons (Fsp3) is 0.789. The number of aryl methyl sites for hydroxylation is 2. The van der Waals surface area contributed by atoms with Gasteiger partial charge in [0.05, 0.1) is 0 Å². The lowest BCUT2D eigenvalue weighted by Gasteiger charge is -2.37. The van der Waals surface area contributed by atoms with E-state index in [1.54, 1.807) is 0 Å². The van der Waals surface area contributed by atoms with Gasteiger partial charge in [-0.15, -0.1) is 0 Å². The van der Waals surface area contributed by atoms with Gasteiger partial charge in [-0.2, -0.15) is 0 Å². The standard InChI is InChI=1S/C19H30N4/c1-3-15-12-20-13(2)21-19(15)23-8-6-17(7-9-23)22-18-11-14-4-5-16(18)10-14/h12,14,16-18,22H,3-11H2,1-2H3/t14-,16+,18-/m1/s1. The van der Waals surface area contributed by atoms with Crippen LogP contribution >= 0.6 is 0 Å². The van der Waals surface area contributed by atoms with Gasteiger partial charge in [0, 0.05) is 36.9 Å². The molecule has 3 atom stereocenters. The summed E-state index contributed by atoms with van der Waals surface area (Å²) in [6.07, 6.45) is 11.4. The average Bonchev–Trinajstić information content (AvgIpc) is 3.18. The second-order valence-electron chi connectivity index (χ2n) is 7.83. The Morgan fingerprint density at radius 3 is 2.65 bits per heavy atom. The molecule has 2 bridgehead atoms. The number of nitrogens with zero attached hydrogens (tertiary/aromatic N) is 3. The smallest absolute Gasteiger partial charge is 0.135 e. The van der Waals surface area contributed by atoms with Gasteiger partial charge in [0.25, 0.3) is 0 Å². The number of aromatic nitrogens is 2. The lowest BCUT2D eigenvalue weighted by Crippen LogP contribution is -2.48. The molecular weight excluding hydrogens is 284 g/mol. The average molecular weight is 314 g/mol. The van der Waals surface area contributed by atoms with Crippen molar-refractivity contribution in [1.29, 1.82) is 0 Å². The molecule has 3 aliphatic rings. The maximum absolute atomic E-state index is 4.72. The highest BCUT2D eigenvalue weighted by atomic mass is 15.2. The number of hydrogen-bond acceptors (Lipinski definition) is 4. The first-order chi connectivity index (χ1) is 11.2. The molecule has 4 nitrogen and oxygen atoms in total. The molecule has 23 heavy (non-hydrogen) atoms. The van der Waals surface area contributed by atoms with E-state index >= 15 is 0 Å². The molecule has 0 aromatic carbocycles. The van der Waals surface area contributed by atoms with E-state index in [0.29, 0.717) is 6.04 Å². The molecule has 0 unspecified atom stereocenters. The Hall–Kier alpha value is -1.16. The summed E-state index contributed by atoms with van der Waals surface area (Å²) in [6.45, 7) is 6.44. The fourth-order valence-electron chi connectivity index (χ4n) is 5.02. The fourth-order valence-corrected chi connectivity index (χ4v) is 5.02. The van der Waals surface area contributed by atoms with Crippen LogP contribution in [-0.2, 0) is 6.42 Å². The Morgan fingerprint density at radius 2 is 2.00 bits per heavy atom. The second kappa shape index (κ2) is 6.39. The predicted molar refractivity (Wildman–Crippen MR) is 93.8 cm³/mol. The number of hydrogen-bond donors (Lipinski definition) is 1. The Morgan fingerprint density at radius 1 is 1.17 bits per heavy atom. The highest BCUT2D eigenvalue weighted by Crippen LogP contribution is 2.44. The van der Waals surface area contributed by atoms with Crippen molar-refractivity contribution >= 4 is 5.82 Å². The summed E-state index contributed by atoms with van der Waals surface area (Å²) in [4.78, 5) is 11.6. The molecule has 2 heterocycles. The highest BCUT2D eigenvalue weighted by molar-refractivity contribution is 5.46. The van der Waals surface area contributed by atoms with Crippen molar-refractivity contribution in [3.63, 3.8) is 0 Å². The molecule has 3 fully saturated rings. The molecular formula is C19H30N4. The van der Waals surface area contributed by atoms with Gasteiger partial charge in [-0.05, 0) is 57.3 Å². The van der Waals surface area contributed by atoms with Crippen LogP contribution in [0.1, 0.15) is 56.8 Å². The lowest BCUT2D eigenvalue weighted by atomic mass is 9.93. The van der Waals surface area contributed by atoms with E-state index in [0.717, 1.165) is 43.2 Å². The third-order valence-corrected chi connectivity index (χ3v) is 6.33. The molecule has 0 spiro atoms. The number of piperidine rings is 1. The first kappa shape index (κ1) is 15.4. The third-order valence-electron chi connectivity index (χ3n) is 6.33. The molecule has 0 radical (unpaired) electrons. The van der Waals surface area contributed by atoms with Crippen LogP contribution in [0, 0.1) is 18.8 Å². The minimum absolute atomic E-state index is 0.712. The minimum atomic E-state index is 0.712. The zero-order valence-electron chi connectivity index (χ0n) is 14.6. The first-order valence-electron chi connectivity index (χ1n) is 9.56. The summed E-state index contributed by atoms with van der Waals surface area (Å²) in [5.41, 5.74) is 1.29. The maximum atomic E-state index is 4.72. The van der Waals surface area contributed by atoms with Crippen molar-refractivity contribution in [2.75, 3.05) is 18.0 Å². The molecule has 1 aromatic rings. The van der Waals surface area contributed by atoms with Gasteiger partial charge in [0.2, 0.25) is 0 Å². The molecule has 1 saturated heterocycles. The summed E-state index contributed by atoms with van der Waals surface area (Å²) in [7, 11) is 0. The van der Waals surface area contributed by atoms with Crippen molar-refractivity contribution in [2.45, 2.75) is 70.9 Å². The normalized spacial score (nSPS) is 31.0. The van der Waals surface area contributed by atoms with E-state index in [1.165, 1.54) is 49.9 Å². The SMILES string of the molecule is CCc1cnc(C)nc1N1CCC(N[C@@H]2C[C@@H]3CC[C@H]2C3)CC1. The van der Waals surface area contributed by atoms with Gasteiger partial charge in [-0.3, -0.25) is 0 Å². The number of rotatable bonds is 4. The van der Waals surface area contributed by atoms with Crippen LogP contribution in [0.4, 0.5) is 5.82 Å². The van der Waals surface area contributed by atoms with Crippen LogP contribution in [0.25, 0.3) is 0 Å². The second-order valence-corrected chi connectivity index (χ2v) is 7.83. The van der Waals surface area contributed by atoms with Gasteiger partial charge in [-0.25, -0.2) is 9.97 Å². The van der Waals surface area contributed by atoms with Crippen LogP contribution in [0.15, 0.2) is 6.20 Å². The van der Waals surface area contributed by atoms with Crippen LogP contribution in [0.2, 0.25) is 0 Å². The van der Waals surface area contributed by atoms with E-state index < -0.39 is 0 Å². The summed E-state index contributed by atoms with van der Waals surface area (Å²) in [5.74, 6) is 4.08. The molecule has 0 amide bonds. The Balaban J connectivity index is 1.35. The summed E-state index contributed by atoms with van der Waals surface area (Å²) < 4.78 is 0. The maximum Gasteiger partial charge on any atom is 0.135 e. The van der Waals surface area contributed by atoms with Gasteiger partial charge >= 0.3 is 0 Å². The van der Waals surface area contributed by atoms with Crippen molar-refractivity contribution in [2.24, 2.45) is 11.8 Å². The minimum Gasteiger partial charge on any atom is -0.356 e. The van der Waals surface area contributed by atoms with Gasteiger partial charge in [0.1, 0.15) is 11.6 Å². The van der Waals surface area contributed by atoms with Crippen LogP contribution < -0.4 is 10.2 Å². The molecule has 2 aliphatic carbocycles. The van der Waals surface area contributed by atoms with E-state index in [2.05, 4.69) is 22.1 Å². The Labute approximate surface area is 140 Å². The molecule has 126 valence electrons. The van der Waals surface area contributed by atoms with Crippen LogP contribution in [0.3, 0.4) is 0 Å². The Bertz CT molecular complexity index is 550. The summed E-state index contributed by atoms with van der Waals surface area (Å²) in [6, 6.07) is 1.53. The Kier molecular flexibility index (Phi) is 4.27. The zero-order chi connectivity index (χ0) is 15.8. The first-order valence-corrected chi connectivity index (χ1v) is 9.56. The third kappa shape index (κ3) is 3.10. The van der Waals surface area contributed by atoms with Gasteiger partial charge < -0.3 is 10.2 Å². The number of fused-ring (bicyclic) bond motifs is 2. The lowest BCUT2D eigenvalue weighted by molar-refractivity contribution is 0.292. The van der Waals surface area contributed by atoms with E-state index in [-0.39, 0.29) is 0 Å². The molecule has 4 heteroatoms. The monoisotopic (exact) mass is 314 g/mol. The molecule has 2 saturated carbocycles. The van der Waals surface area contributed by atoms with Crippen molar-refractivity contribution in [3.05, 3.63) is 17.6 Å². The highest BCUT2D eigenvalue weighted by Gasteiger charge is 2.40. The van der Waals surface area contributed by atoms with Crippen molar-refractivity contribution in [1.82, 2.24) is 15.3 Å². The number of anilines is 1. The predicted octanol–water partition coefficient (Wildman–Crippen LogP) is 3.09. The molecule has 1 aliphatic heterocycles. The van der Waals surface area contributed by atoms with Crippen molar-refractivity contribution < 1.29 is 0 Å². The largest absolute Gasteiger partial charge is 0.356 e. The van der Waals surface area contributed by atoms with Gasteiger partial charge in [-0.1, -0.05) is 13.3 Å². The van der Waals surface area contributed by atoms with E-state index in [4.69, 9.17) is 4.98 Å². The van der Waals surface area contributed by atoms with Crippen LogP contribution in [0.5, 0.6) is 0 Å². The van der Waals surface area contributed by atoms with Crippen LogP contribution in [-0.4, -0.2) is 35.1 Å². The summed E-state index contributed by atoms with van der Waals surface area (Å²) >= 11 is 0. The van der Waals surface area contributed by atoms with Crippen molar-refractivity contribution in [3.8, 4) is 0 Å². The van der Waals surface area contributed by atoms with Gasteiger partial charge in [0.15, 0.2) is 0 Å². The van der Waals surface area contributed by atoms with E-state index in [9.17, 15) is 0 Å². The molecule has 1 N–H and O–H groups in total. The number of nitrogens with one attached hydrogen (secondary N) is 1. The summed E-state index contributed by atoms with van der Waals surface area (Å²) in [5, 5.41) is 4.00. The topological polar surface area (TPSA) is 41.1 Å². The quantitative estimate of drug-likeness (QED) is 0.927. The zero-order valence-corrected chi connectivity index (χ0v) is 14.6. The molecule has 4 rings (SSSR count). The van der Waals surface area contributed by atoms with E-state index in [1.807, 2.05) is 13.1 Å². The molecule has 1 aromatic heterocycles.